The van der Waals surface area contributed by atoms with Gasteiger partial charge in [0.2, 0.25) is 0 Å². The van der Waals surface area contributed by atoms with Crippen molar-refractivity contribution in [1.29, 1.82) is 0 Å². The van der Waals surface area contributed by atoms with Crippen LogP contribution in [0.5, 0.6) is 0 Å². The third kappa shape index (κ3) is 3.98. The summed E-state index contributed by atoms with van der Waals surface area (Å²) in [7, 11) is 3.24. The van der Waals surface area contributed by atoms with Crippen molar-refractivity contribution in [2.24, 2.45) is 0 Å². The molecular weight excluding hydrogens is 373 g/mol. The molecule has 0 saturated heterocycles. The number of amides is 2. The third-order valence-electron chi connectivity index (χ3n) is 3.75. The SMILES string of the molecule is CN(C)C(=O)c1ccc(Cl)c(NC(=O)c2cc(-c3ccccc3F)on2)c1. The van der Waals surface area contributed by atoms with Gasteiger partial charge in [0, 0.05) is 25.7 Å². The van der Waals surface area contributed by atoms with Gasteiger partial charge in [0.25, 0.3) is 11.8 Å². The zero-order chi connectivity index (χ0) is 19.6. The molecule has 1 heterocycles. The van der Waals surface area contributed by atoms with Gasteiger partial charge in [-0.2, -0.15) is 0 Å². The molecule has 8 heteroatoms. The summed E-state index contributed by atoms with van der Waals surface area (Å²) in [4.78, 5) is 25.9. The molecule has 0 fully saturated rings. The summed E-state index contributed by atoms with van der Waals surface area (Å²) in [6.45, 7) is 0. The molecule has 2 aromatic carbocycles. The number of benzene rings is 2. The summed E-state index contributed by atoms with van der Waals surface area (Å²) in [6.07, 6.45) is 0. The fourth-order valence-electron chi connectivity index (χ4n) is 2.37. The number of carbonyl (C=O) groups excluding carboxylic acids is 2. The number of rotatable bonds is 4. The first-order valence-corrected chi connectivity index (χ1v) is 8.29. The molecule has 6 nitrogen and oxygen atoms in total. The van der Waals surface area contributed by atoms with E-state index in [0.717, 1.165) is 0 Å². The monoisotopic (exact) mass is 387 g/mol. The number of halogens is 2. The van der Waals surface area contributed by atoms with Crippen LogP contribution in [0.15, 0.2) is 53.1 Å². The quantitative estimate of drug-likeness (QED) is 0.731. The number of nitrogens with zero attached hydrogens (tertiary/aromatic N) is 2. The molecule has 0 radical (unpaired) electrons. The van der Waals surface area contributed by atoms with Gasteiger partial charge in [-0.1, -0.05) is 28.9 Å². The first kappa shape index (κ1) is 18.6. The van der Waals surface area contributed by atoms with Crippen molar-refractivity contribution in [3.8, 4) is 11.3 Å². The van der Waals surface area contributed by atoms with Crippen LogP contribution in [0, 0.1) is 5.82 Å². The van der Waals surface area contributed by atoms with Gasteiger partial charge in [-0.25, -0.2) is 4.39 Å². The Morgan fingerprint density at radius 1 is 1.15 bits per heavy atom. The van der Waals surface area contributed by atoms with E-state index in [9.17, 15) is 14.0 Å². The number of carbonyl (C=O) groups is 2. The topological polar surface area (TPSA) is 75.4 Å². The van der Waals surface area contributed by atoms with Gasteiger partial charge < -0.3 is 14.7 Å². The smallest absolute Gasteiger partial charge is 0.277 e. The molecule has 3 rings (SSSR count). The van der Waals surface area contributed by atoms with E-state index < -0.39 is 11.7 Å². The molecule has 2 amide bonds. The zero-order valence-corrected chi connectivity index (χ0v) is 15.2. The fourth-order valence-corrected chi connectivity index (χ4v) is 2.53. The maximum absolute atomic E-state index is 13.8. The van der Waals surface area contributed by atoms with Crippen molar-refractivity contribution >= 4 is 29.1 Å². The summed E-state index contributed by atoms with van der Waals surface area (Å²) in [5.41, 5.74) is 0.769. The van der Waals surface area contributed by atoms with E-state index in [0.29, 0.717) is 5.56 Å². The van der Waals surface area contributed by atoms with Crippen LogP contribution in [0.25, 0.3) is 11.3 Å². The zero-order valence-electron chi connectivity index (χ0n) is 14.5. The summed E-state index contributed by atoms with van der Waals surface area (Å²) >= 11 is 6.10. The minimum atomic E-state index is -0.599. The molecule has 27 heavy (non-hydrogen) atoms. The molecule has 0 aliphatic rings. The maximum Gasteiger partial charge on any atom is 0.277 e. The van der Waals surface area contributed by atoms with Crippen molar-refractivity contribution in [2.45, 2.75) is 0 Å². The Bertz CT molecular complexity index is 1020. The largest absolute Gasteiger partial charge is 0.355 e. The van der Waals surface area contributed by atoms with Gasteiger partial charge in [0.15, 0.2) is 11.5 Å². The molecule has 0 aliphatic carbocycles. The lowest BCUT2D eigenvalue weighted by Gasteiger charge is -2.12. The van der Waals surface area contributed by atoms with Crippen molar-refractivity contribution < 1.29 is 18.5 Å². The number of anilines is 1. The summed E-state index contributed by atoms with van der Waals surface area (Å²) < 4.78 is 18.9. The van der Waals surface area contributed by atoms with E-state index in [2.05, 4.69) is 10.5 Å². The molecular formula is C19H15ClFN3O3. The van der Waals surface area contributed by atoms with Gasteiger partial charge in [0.1, 0.15) is 5.82 Å². The Hall–Kier alpha value is -3.19. The van der Waals surface area contributed by atoms with Crippen LogP contribution in [0.3, 0.4) is 0 Å². The van der Waals surface area contributed by atoms with Gasteiger partial charge >= 0.3 is 0 Å². The van der Waals surface area contributed by atoms with E-state index in [-0.39, 0.29) is 33.6 Å². The van der Waals surface area contributed by atoms with Crippen LogP contribution in [0.1, 0.15) is 20.8 Å². The normalized spacial score (nSPS) is 10.5. The Kier molecular flexibility index (Phi) is 5.23. The molecule has 138 valence electrons. The third-order valence-corrected chi connectivity index (χ3v) is 4.08. The minimum absolute atomic E-state index is 0.0475. The predicted molar refractivity (Wildman–Crippen MR) is 99.3 cm³/mol. The highest BCUT2D eigenvalue weighted by atomic mass is 35.5. The Balaban J connectivity index is 1.83. The lowest BCUT2D eigenvalue weighted by molar-refractivity contribution is 0.0827. The molecule has 0 bridgehead atoms. The lowest BCUT2D eigenvalue weighted by Crippen LogP contribution is -2.22. The second-order valence-electron chi connectivity index (χ2n) is 5.90. The predicted octanol–water partition coefficient (Wildman–Crippen LogP) is 4.09. The standard InChI is InChI=1S/C19H15ClFN3O3/c1-24(2)19(26)11-7-8-13(20)15(9-11)22-18(25)16-10-17(27-23-16)12-5-3-4-6-14(12)21/h3-10H,1-2H3,(H,22,25). The van der Waals surface area contributed by atoms with E-state index in [1.807, 2.05) is 0 Å². The molecule has 0 atom stereocenters. The number of nitrogens with one attached hydrogen (secondary N) is 1. The van der Waals surface area contributed by atoms with Crippen LogP contribution >= 0.6 is 11.6 Å². The van der Waals surface area contributed by atoms with Crippen LogP contribution in [-0.4, -0.2) is 36.0 Å². The number of hydrogen-bond acceptors (Lipinski definition) is 4. The second-order valence-corrected chi connectivity index (χ2v) is 6.31. The first-order valence-electron chi connectivity index (χ1n) is 7.91. The van der Waals surface area contributed by atoms with E-state index in [4.69, 9.17) is 16.1 Å². The summed E-state index contributed by atoms with van der Waals surface area (Å²) in [5.74, 6) is -1.19. The molecule has 0 aliphatic heterocycles. The van der Waals surface area contributed by atoms with Gasteiger partial charge in [-0.05, 0) is 30.3 Å². The van der Waals surface area contributed by atoms with Crippen LogP contribution in [0.4, 0.5) is 10.1 Å². The van der Waals surface area contributed by atoms with Crippen LogP contribution in [-0.2, 0) is 0 Å². The highest BCUT2D eigenvalue weighted by Crippen LogP contribution is 2.26. The Morgan fingerprint density at radius 3 is 2.59 bits per heavy atom. The van der Waals surface area contributed by atoms with E-state index >= 15 is 0 Å². The lowest BCUT2D eigenvalue weighted by atomic mass is 10.1. The summed E-state index contributed by atoms with van der Waals surface area (Å²) in [5, 5.41) is 6.52. The maximum atomic E-state index is 13.8. The summed E-state index contributed by atoms with van der Waals surface area (Å²) in [6, 6.07) is 11.9. The van der Waals surface area contributed by atoms with Gasteiger partial charge in [-0.3, -0.25) is 9.59 Å². The van der Waals surface area contributed by atoms with Crippen LogP contribution < -0.4 is 5.32 Å². The molecule has 0 saturated carbocycles. The number of hydrogen-bond donors (Lipinski definition) is 1. The molecule has 0 unspecified atom stereocenters. The van der Waals surface area contributed by atoms with Gasteiger partial charge in [-0.15, -0.1) is 0 Å². The van der Waals surface area contributed by atoms with Crippen molar-refractivity contribution in [2.75, 3.05) is 19.4 Å². The second kappa shape index (κ2) is 7.59. The highest BCUT2D eigenvalue weighted by molar-refractivity contribution is 6.34. The Labute approximate surface area is 159 Å². The fraction of sp³-hybridized carbons (Fsp3) is 0.105. The van der Waals surface area contributed by atoms with Crippen molar-refractivity contribution in [3.05, 3.63) is 70.6 Å². The van der Waals surface area contributed by atoms with E-state index in [1.165, 1.54) is 35.2 Å². The molecule has 1 aromatic heterocycles. The average molecular weight is 388 g/mol. The highest BCUT2D eigenvalue weighted by Gasteiger charge is 2.18. The van der Waals surface area contributed by atoms with Crippen molar-refractivity contribution in [3.63, 3.8) is 0 Å². The molecule has 0 spiro atoms. The molecule has 3 aromatic rings. The van der Waals surface area contributed by atoms with Crippen LogP contribution in [0.2, 0.25) is 5.02 Å². The number of aromatic nitrogens is 1. The first-order chi connectivity index (χ1) is 12.9. The van der Waals surface area contributed by atoms with Crippen molar-refractivity contribution in [1.82, 2.24) is 10.1 Å². The van der Waals surface area contributed by atoms with E-state index in [1.54, 1.807) is 32.3 Å². The average Bonchev–Trinajstić information content (AvgIpc) is 3.13. The van der Waals surface area contributed by atoms with Gasteiger partial charge in [0.05, 0.1) is 16.3 Å². The minimum Gasteiger partial charge on any atom is -0.355 e. The Morgan fingerprint density at radius 2 is 1.89 bits per heavy atom. The molecule has 1 N–H and O–H groups in total.